The molecule has 3 rings (SSSR count). The van der Waals surface area contributed by atoms with Crippen LogP contribution in [0.2, 0.25) is 0 Å². The highest BCUT2D eigenvalue weighted by molar-refractivity contribution is 5.97. The molecule has 0 radical (unpaired) electrons. The lowest BCUT2D eigenvalue weighted by Crippen LogP contribution is -2.31. The average Bonchev–Trinajstić information content (AvgIpc) is 3.03. The zero-order valence-corrected chi connectivity index (χ0v) is 12.9. The van der Waals surface area contributed by atoms with E-state index in [1.807, 2.05) is 19.1 Å². The molecule has 2 N–H and O–H groups in total. The van der Waals surface area contributed by atoms with Gasteiger partial charge in [-0.2, -0.15) is 15.4 Å². The average molecular weight is 310 g/mol. The highest BCUT2D eigenvalue weighted by Crippen LogP contribution is 2.20. The maximum absolute atomic E-state index is 12.8. The molecule has 6 heteroatoms. The zero-order valence-electron chi connectivity index (χ0n) is 12.9. The first-order valence-electron chi connectivity index (χ1n) is 7.55. The smallest absolute Gasteiger partial charge is 0.254 e. The molecule has 1 aromatic heterocycles. The van der Waals surface area contributed by atoms with Gasteiger partial charge in [-0.1, -0.05) is 25.1 Å². The SMILES string of the molecule is CCCN(Cc1ccccc1O)C(=O)c1ccc2n[nH]nc2c1. The second-order valence-electron chi connectivity index (χ2n) is 5.38. The molecule has 6 nitrogen and oxygen atoms in total. The highest BCUT2D eigenvalue weighted by Gasteiger charge is 2.17. The minimum Gasteiger partial charge on any atom is -0.508 e. The summed E-state index contributed by atoms with van der Waals surface area (Å²) in [6.45, 7) is 3.01. The van der Waals surface area contributed by atoms with Crippen LogP contribution in [-0.2, 0) is 6.54 Å². The van der Waals surface area contributed by atoms with Crippen molar-refractivity contribution in [3.05, 3.63) is 53.6 Å². The Morgan fingerprint density at radius 3 is 2.74 bits per heavy atom. The number of aromatic nitrogens is 3. The van der Waals surface area contributed by atoms with E-state index < -0.39 is 0 Å². The van der Waals surface area contributed by atoms with Crippen molar-refractivity contribution < 1.29 is 9.90 Å². The van der Waals surface area contributed by atoms with Crippen molar-refractivity contribution in [2.45, 2.75) is 19.9 Å². The van der Waals surface area contributed by atoms with Crippen LogP contribution in [0.5, 0.6) is 5.75 Å². The normalized spacial score (nSPS) is 10.8. The molecular formula is C17H18N4O2. The molecule has 0 aliphatic carbocycles. The minimum absolute atomic E-state index is 0.0833. The number of carbonyl (C=O) groups is 1. The van der Waals surface area contributed by atoms with Crippen molar-refractivity contribution in [3.63, 3.8) is 0 Å². The number of fused-ring (bicyclic) bond motifs is 1. The van der Waals surface area contributed by atoms with Crippen molar-refractivity contribution in [2.24, 2.45) is 0 Å². The molecule has 0 aliphatic rings. The quantitative estimate of drug-likeness (QED) is 0.759. The number of phenols is 1. The van der Waals surface area contributed by atoms with Crippen LogP contribution >= 0.6 is 0 Å². The summed E-state index contributed by atoms with van der Waals surface area (Å²) in [4.78, 5) is 14.5. The van der Waals surface area contributed by atoms with E-state index in [2.05, 4.69) is 15.4 Å². The third kappa shape index (κ3) is 3.15. The molecular weight excluding hydrogens is 292 g/mol. The standard InChI is InChI=1S/C17H18N4O2/c1-2-9-21(11-13-5-3-4-6-16(13)22)17(23)12-7-8-14-15(10-12)19-20-18-14/h3-8,10,22H,2,9,11H2,1H3,(H,18,19,20). The molecule has 0 fully saturated rings. The summed E-state index contributed by atoms with van der Waals surface area (Å²) in [7, 11) is 0. The number of nitrogens with one attached hydrogen (secondary N) is 1. The van der Waals surface area contributed by atoms with E-state index in [-0.39, 0.29) is 11.7 Å². The van der Waals surface area contributed by atoms with E-state index in [1.54, 1.807) is 35.2 Å². The molecule has 23 heavy (non-hydrogen) atoms. The summed E-state index contributed by atoms with van der Waals surface area (Å²) in [6, 6.07) is 12.3. The lowest BCUT2D eigenvalue weighted by molar-refractivity contribution is 0.0742. The number of aromatic hydroxyl groups is 1. The van der Waals surface area contributed by atoms with Gasteiger partial charge in [-0.15, -0.1) is 0 Å². The number of para-hydroxylation sites is 1. The van der Waals surface area contributed by atoms with Crippen LogP contribution in [0.15, 0.2) is 42.5 Å². The molecule has 0 spiro atoms. The summed E-state index contributed by atoms with van der Waals surface area (Å²) in [6.07, 6.45) is 0.839. The Kier molecular flexibility index (Phi) is 4.23. The molecule has 0 bridgehead atoms. The maximum atomic E-state index is 12.8. The number of benzene rings is 2. The van der Waals surface area contributed by atoms with Gasteiger partial charge < -0.3 is 10.0 Å². The van der Waals surface area contributed by atoms with Crippen molar-refractivity contribution in [3.8, 4) is 5.75 Å². The molecule has 0 unspecified atom stereocenters. The van der Waals surface area contributed by atoms with Gasteiger partial charge in [-0.25, -0.2) is 0 Å². The van der Waals surface area contributed by atoms with Crippen LogP contribution in [0.1, 0.15) is 29.3 Å². The molecule has 3 aromatic rings. The van der Waals surface area contributed by atoms with Gasteiger partial charge in [-0.3, -0.25) is 4.79 Å². The largest absolute Gasteiger partial charge is 0.508 e. The molecule has 1 amide bonds. The summed E-state index contributed by atoms with van der Waals surface area (Å²) in [5.74, 6) is 0.119. The van der Waals surface area contributed by atoms with Crippen molar-refractivity contribution in [2.75, 3.05) is 6.54 Å². The Bertz CT molecular complexity index is 828. The van der Waals surface area contributed by atoms with Gasteiger partial charge in [0, 0.05) is 24.2 Å². The van der Waals surface area contributed by atoms with Gasteiger partial charge in [-0.05, 0) is 30.7 Å². The highest BCUT2D eigenvalue weighted by atomic mass is 16.3. The van der Waals surface area contributed by atoms with E-state index in [0.717, 1.165) is 17.5 Å². The van der Waals surface area contributed by atoms with E-state index >= 15 is 0 Å². The topological polar surface area (TPSA) is 82.1 Å². The van der Waals surface area contributed by atoms with E-state index in [1.165, 1.54) is 0 Å². The lowest BCUT2D eigenvalue weighted by Gasteiger charge is -2.22. The number of rotatable bonds is 5. The second kappa shape index (κ2) is 6.48. The molecule has 0 aliphatic heterocycles. The predicted octanol–water partition coefficient (Wildman–Crippen LogP) is 2.72. The summed E-state index contributed by atoms with van der Waals surface area (Å²) < 4.78 is 0. The van der Waals surface area contributed by atoms with Gasteiger partial charge in [0.05, 0.1) is 0 Å². The first kappa shape index (κ1) is 15.0. The molecule has 1 heterocycles. The number of hydrogen-bond acceptors (Lipinski definition) is 4. The Morgan fingerprint density at radius 1 is 1.17 bits per heavy atom. The van der Waals surface area contributed by atoms with Crippen molar-refractivity contribution in [1.29, 1.82) is 0 Å². The zero-order chi connectivity index (χ0) is 16.2. The summed E-state index contributed by atoms with van der Waals surface area (Å²) in [5.41, 5.74) is 2.69. The number of carbonyl (C=O) groups excluding carboxylic acids is 1. The number of nitrogens with zero attached hydrogens (tertiary/aromatic N) is 3. The molecule has 118 valence electrons. The maximum Gasteiger partial charge on any atom is 0.254 e. The number of amides is 1. The predicted molar refractivity (Wildman–Crippen MR) is 87.0 cm³/mol. The van der Waals surface area contributed by atoms with Crippen LogP contribution < -0.4 is 0 Å². The first-order valence-corrected chi connectivity index (χ1v) is 7.55. The van der Waals surface area contributed by atoms with Crippen molar-refractivity contribution in [1.82, 2.24) is 20.3 Å². The fourth-order valence-corrected chi connectivity index (χ4v) is 2.53. The summed E-state index contributed by atoms with van der Waals surface area (Å²) >= 11 is 0. The third-order valence-electron chi connectivity index (χ3n) is 3.70. The summed E-state index contributed by atoms with van der Waals surface area (Å²) in [5, 5.41) is 20.5. The monoisotopic (exact) mass is 310 g/mol. The van der Waals surface area contributed by atoms with E-state index in [4.69, 9.17) is 0 Å². The molecule has 0 atom stereocenters. The number of H-pyrrole nitrogens is 1. The van der Waals surface area contributed by atoms with Crippen LogP contribution in [0, 0.1) is 0 Å². The third-order valence-corrected chi connectivity index (χ3v) is 3.70. The fourth-order valence-electron chi connectivity index (χ4n) is 2.53. The molecule has 2 aromatic carbocycles. The first-order chi connectivity index (χ1) is 11.2. The van der Waals surface area contributed by atoms with Crippen LogP contribution in [0.4, 0.5) is 0 Å². The fraction of sp³-hybridized carbons (Fsp3) is 0.235. The number of aromatic amines is 1. The van der Waals surface area contributed by atoms with Gasteiger partial charge in [0.15, 0.2) is 0 Å². The Labute approximate surface area is 133 Å². The van der Waals surface area contributed by atoms with Gasteiger partial charge >= 0.3 is 0 Å². The van der Waals surface area contributed by atoms with Crippen LogP contribution in [0.25, 0.3) is 11.0 Å². The minimum atomic E-state index is -0.0833. The molecule has 0 saturated carbocycles. The Hall–Kier alpha value is -2.89. The van der Waals surface area contributed by atoms with E-state index in [0.29, 0.717) is 24.2 Å². The lowest BCUT2D eigenvalue weighted by atomic mass is 10.1. The Morgan fingerprint density at radius 2 is 1.96 bits per heavy atom. The van der Waals surface area contributed by atoms with E-state index in [9.17, 15) is 9.90 Å². The second-order valence-corrected chi connectivity index (χ2v) is 5.38. The van der Waals surface area contributed by atoms with Gasteiger partial charge in [0.2, 0.25) is 0 Å². The molecule has 0 saturated heterocycles. The van der Waals surface area contributed by atoms with Gasteiger partial charge in [0.1, 0.15) is 16.8 Å². The van der Waals surface area contributed by atoms with Crippen molar-refractivity contribution >= 4 is 16.9 Å². The number of phenolic OH excluding ortho intramolecular Hbond substituents is 1. The number of hydrogen-bond donors (Lipinski definition) is 2. The Balaban J connectivity index is 1.87. The van der Waals surface area contributed by atoms with Gasteiger partial charge in [0.25, 0.3) is 5.91 Å². The van der Waals surface area contributed by atoms with Crippen LogP contribution in [0.3, 0.4) is 0 Å². The van der Waals surface area contributed by atoms with Crippen LogP contribution in [-0.4, -0.2) is 37.9 Å².